The van der Waals surface area contributed by atoms with Gasteiger partial charge in [-0.15, -0.1) is 0 Å². The maximum atomic E-state index is 14.4. The first-order valence-corrected chi connectivity index (χ1v) is 7.43. The SMILES string of the molecule is CNc1c(CNc2c(F)c(OC)cc(OC)c2F)cnc2nc[nH]c12. The molecule has 0 bridgehead atoms. The molecule has 3 aromatic rings. The fourth-order valence-electron chi connectivity index (χ4n) is 2.58. The second kappa shape index (κ2) is 6.80. The number of nitrogens with one attached hydrogen (secondary N) is 3. The molecule has 3 N–H and O–H groups in total. The van der Waals surface area contributed by atoms with E-state index in [0.717, 1.165) is 11.8 Å². The Bertz CT molecular complexity index is 885. The summed E-state index contributed by atoms with van der Waals surface area (Å²) >= 11 is 0. The highest BCUT2D eigenvalue weighted by Gasteiger charge is 2.20. The Morgan fingerprint density at radius 1 is 1.08 bits per heavy atom. The molecule has 7 nitrogen and oxygen atoms in total. The Labute approximate surface area is 142 Å². The summed E-state index contributed by atoms with van der Waals surface area (Å²) in [6.07, 6.45) is 3.12. The van der Waals surface area contributed by atoms with E-state index in [-0.39, 0.29) is 23.7 Å². The minimum absolute atomic E-state index is 0.114. The Morgan fingerprint density at radius 3 is 2.36 bits per heavy atom. The zero-order chi connectivity index (χ0) is 18.0. The summed E-state index contributed by atoms with van der Waals surface area (Å²) in [4.78, 5) is 11.3. The van der Waals surface area contributed by atoms with Gasteiger partial charge in [-0.2, -0.15) is 0 Å². The summed E-state index contributed by atoms with van der Waals surface area (Å²) in [5.41, 5.74) is 2.38. The number of anilines is 2. The molecule has 0 radical (unpaired) electrons. The maximum Gasteiger partial charge on any atom is 0.191 e. The minimum Gasteiger partial charge on any atom is -0.493 e. The molecule has 0 aliphatic carbocycles. The highest BCUT2D eigenvalue weighted by Crippen LogP contribution is 2.35. The number of pyridine rings is 1. The number of hydrogen-bond acceptors (Lipinski definition) is 6. The molecule has 0 aliphatic rings. The number of hydrogen-bond donors (Lipinski definition) is 3. The van der Waals surface area contributed by atoms with Gasteiger partial charge in [-0.05, 0) is 0 Å². The molecular formula is C16H17F2N5O2. The number of benzene rings is 1. The van der Waals surface area contributed by atoms with Crippen molar-refractivity contribution >= 4 is 22.5 Å². The first kappa shape index (κ1) is 16.7. The third-order valence-corrected chi connectivity index (χ3v) is 3.81. The molecule has 132 valence electrons. The average molecular weight is 349 g/mol. The lowest BCUT2D eigenvalue weighted by molar-refractivity contribution is 0.360. The van der Waals surface area contributed by atoms with Crippen LogP contribution in [0.2, 0.25) is 0 Å². The van der Waals surface area contributed by atoms with Crippen molar-refractivity contribution in [3.63, 3.8) is 0 Å². The monoisotopic (exact) mass is 349 g/mol. The van der Waals surface area contributed by atoms with E-state index < -0.39 is 11.6 Å². The third-order valence-electron chi connectivity index (χ3n) is 3.81. The topological polar surface area (TPSA) is 84.1 Å². The van der Waals surface area contributed by atoms with E-state index in [1.165, 1.54) is 20.5 Å². The van der Waals surface area contributed by atoms with Crippen LogP contribution in [0.1, 0.15) is 5.56 Å². The Kier molecular flexibility index (Phi) is 4.55. The van der Waals surface area contributed by atoms with Gasteiger partial charge in [0, 0.05) is 31.4 Å². The predicted octanol–water partition coefficient (Wildman–Crippen LogP) is 2.91. The van der Waals surface area contributed by atoms with Crippen molar-refractivity contribution in [2.24, 2.45) is 0 Å². The molecule has 9 heteroatoms. The number of H-pyrrole nitrogens is 1. The minimum atomic E-state index is -0.831. The third kappa shape index (κ3) is 2.88. The lowest BCUT2D eigenvalue weighted by Crippen LogP contribution is -2.09. The molecule has 0 spiro atoms. The molecule has 25 heavy (non-hydrogen) atoms. The average Bonchev–Trinajstić information content (AvgIpc) is 3.10. The van der Waals surface area contributed by atoms with Gasteiger partial charge in [0.15, 0.2) is 28.8 Å². The highest BCUT2D eigenvalue weighted by molar-refractivity contribution is 5.87. The fraction of sp³-hybridized carbons (Fsp3) is 0.250. The van der Waals surface area contributed by atoms with Crippen LogP contribution in [0.25, 0.3) is 11.2 Å². The number of rotatable bonds is 6. The number of aromatic nitrogens is 3. The number of fused-ring (bicyclic) bond motifs is 1. The van der Waals surface area contributed by atoms with E-state index in [4.69, 9.17) is 9.47 Å². The molecular weight excluding hydrogens is 332 g/mol. The van der Waals surface area contributed by atoms with Crippen molar-refractivity contribution in [1.29, 1.82) is 0 Å². The standard InChI is InChI=1S/C16H17F2N5O2/c1-19-13-8(6-21-16-15(13)22-7-23-16)5-20-14-11(17)9(24-2)4-10(25-3)12(14)18/h4,6-7,20H,5H2,1-3H3,(H2,19,21,22,23). The summed E-state index contributed by atoms with van der Waals surface area (Å²) in [5, 5.41) is 5.80. The lowest BCUT2D eigenvalue weighted by Gasteiger charge is -2.15. The van der Waals surface area contributed by atoms with E-state index in [1.54, 1.807) is 13.2 Å². The molecule has 0 aliphatic heterocycles. The van der Waals surface area contributed by atoms with Gasteiger partial charge in [0.05, 0.1) is 26.2 Å². The summed E-state index contributed by atoms with van der Waals surface area (Å²) in [7, 11) is 4.35. The summed E-state index contributed by atoms with van der Waals surface area (Å²) in [5.74, 6) is -1.89. The molecule has 0 atom stereocenters. The van der Waals surface area contributed by atoms with E-state index in [9.17, 15) is 8.78 Å². The predicted molar refractivity (Wildman–Crippen MR) is 90.2 cm³/mol. The van der Waals surface area contributed by atoms with Crippen LogP contribution in [0.15, 0.2) is 18.6 Å². The van der Waals surface area contributed by atoms with Crippen LogP contribution >= 0.6 is 0 Å². The fourth-order valence-corrected chi connectivity index (χ4v) is 2.58. The summed E-state index contributed by atoms with van der Waals surface area (Å²) < 4.78 is 38.7. The molecule has 0 unspecified atom stereocenters. The van der Waals surface area contributed by atoms with Crippen molar-refractivity contribution in [2.75, 3.05) is 31.9 Å². The molecule has 2 aromatic heterocycles. The molecule has 3 rings (SSSR count). The molecule has 2 heterocycles. The molecule has 0 fully saturated rings. The second-order valence-electron chi connectivity index (χ2n) is 5.15. The van der Waals surface area contributed by atoms with E-state index in [1.807, 2.05) is 0 Å². The van der Waals surface area contributed by atoms with Crippen molar-refractivity contribution in [1.82, 2.24) is 15.0 Å². The van der Waals surface area contributed by atoms with Gasteiger partial charge in [-0.1, -0.05) is 0 Å². The Hall–Kier alpha value is -3.10. The van der Waals surface area contributed by atoms with Gasteiger partial charge >= 0.3 is 0 Å². The number of nitrogens with zero attached hydrogens (tertiary/aromatic N) is 2. The van der Waals surface area contributed by atoms with Crippen LogP contribution in [0.5, 0.6) is 11.5 Å². The number of aromatic amines is 1. The molecule has 0 saturated carbocycles. The van der Waals surface area contributed by atoms with Crippen molar-refractivity contribution < 1.29 is 18.3 Å². The molecule has 1 aromatic carbocycles. The van der Waals surface area contributed by atoms with Gasteiger partial charge in [0.25, 0.3) is 0 Å². The van der Waals surface area contributed by atoms with Crippen molar-refractivity contribution in [3.05, 3.63) is 35.8 Å². The van der Waals surface area contributed by atoms with E-state index in [2.05, 4.69) is 25.6 Å². The van der Waals surface area contributed by atoms with Crippen LogP contribution in [0.3, 0.4) is 0 Å². The number of ether oxygens (including phenoxy) is 2. The Balaban J connectivity index is 1.96. The maximum absolute atomic E-state index is 14.4. The second-order valence-corrected chi connectivity index (χ2v) is 5.15. The number of halogens is 2. The zero-order valence-electron chi connectivity index (χ0n) is 13.9. The largest absolute Gasteiger partial charge is 0.493 e. The summed E-state index contributed by atoms with van der Waals surface area (Å²) in [6.45, 7) is 0.127. The lowest BCUT2D eigenvalue weighted by atomic mass is 10.2. The van der Waals surface area contributed by atoms with Gasteiger partial charge in [0.1, 0.15) is 11.2 Å². The van der Waals surface area contributed by atoms with E-state index in [0.29, 0.717) is 16.7 Å². The normalized spacial score (nSPS) is 10.8. The first-order valence-electron chi connectivity index (χ1n) is 7.43. The zero-order valence-corrected chi connectivity index (χ0v) is 13.9. The van der Waals surface area contributed by atoms with Crippen LogP contribution in [0, 0.1) is 11.6 Å². The van der Waals surface area contributed by atoms with Gasteiger partial charge in [-0.25, -0.2) is 18.7 Å². The molecule has 0 saturated heterocycles. The summed E-state index contributed by atoms with van der Waals surface area (Å²) in [6, 6.07) is 1.16. The van der Waals surface area contributed by atoms with Crippen LogP contribution in [-0.2, 0) is 6.54 Å². The van der Waals surface area contributed by atoms with Crippen LogP contribution in [0.4, 0.5) is 20.2 Å². The number of methoxy groups -OCH3 is 2. The van der Waals surface area contributed by atoms with Gasteiger partial charge in [0.2, 0.25) is 0 Å². The van der Waals surface area contributed by atoms with E-state index >= 15 is 0 Å². The van der Waals surface area contributed by atoms with Crippen molar-refractivity contribution in [2.45, 2.75) is 6.54 Å². The quantitative estimate of drug-likeness (QED) is 0.635. The van der Waals surface area contributed by atoms with Gasteiger partial charge in [-0.3, -0.25) is 0 Å². The number of imidazole rings is 1. The van der Waals surface area contributed by atoms with Crippen LogP contribution < -0.4 is 20.1 Å². The van der Waals surface area contributed by atoms with Crippen LogP contribution in [-0.4, -0.2) is 36.2 Å². The van der Waals surface area contributed by atoms with Crippen molar-refractivity contribution in [3.8, 4) is 11.5 Å². The first-order chi connectivity index (χ1) is 12.1. The highest BCUT2D eigenvalue weighted by atomic mass is 19.1. The molecule has 0 amide bonds. The Morgan fingerprint density at radius 2 is 1.76 bits per heavy atom. The smallest absolute Gasteiger partial charge is 0.191 e. The van der Waals surface area contributed by atoms with Gasteiger partial charge < -0.3 is 25.1 Å².